The number of nitrogens with zero attached hydrogens (tertiary/aromatic N) is 1. The Kier molecular flexibility index (Phi) is 3.88. The zero-order valence-corrected chi connectivity index (χ0v) is 9.19. The predicted molar refractivity (Wildman–Crippen MR) is 56.4 cm³/mol. The maximum absolute atomic E-state index is 11.6. The van der Waals surface area contributed by atoms with Crippen LogP contribution < -0.4 is 0 Å². The number of carbonyl (C=O) groups excluding carboxylic acids is 1. The summed E-state index contributed by atoms with van der Waals surface area (Å²) in [5, 5.41) is 8.95. The zero-order valence-electron chi connectivity index (χ0n) is 9.19. The molecule has 0 spiro atoms. The van der Waals surface area contributed by atoms with Crippen LogP contribution in [0.5, 0.6) is 0 Å². The zero-order chi connectivity index (χ0) is 11.4. The molecule has 1 aliphatic heterocycles. The highest BCUT2D eigenvalue weighted by Gasteiger charge is 2.33. The molecular formula is C11H17NO3. The minimum Gasteiger partial charge on any atom is -0.480 e. The molecule has 0 aromatic heterocycles. The number of amides is 1. The van der Waals surface area contributed by atoms with Crippen LogP contribution in [0.25, 0.3) is 0 Å². The van der Waals surface area contributed by atoms with Gasteiger partial charge in [-0.05, 0) is 18.4 Å². The van der Waals surface area contributed by atoms with E-state index in [0.29, 0.717) is 19.4 Å². The fourth-order valence-corrected chi connectivity index (χ4v) is 1.90. The Hall–Kier alpha value is -1.32. The Labute approximate surface area is 89.6 Å². The van der Waals surface area contributed by atoms with Crippen molar-refractivity contribution in [3.63, 3.8) is 0 Å². The average Bonchev–Trinajstić information content (AvgIpc) is 2.49. The Morgan fingerprint density at radius 1 is 1.60 bits per heavy atom. The molecule has 4 heteroatoms. The van der Waals surface area contributed by atoms with E-state index < -0.39 is 12.0 Å². The second-order valence-corrected chi connectivity index (χ2v) is 3.73. The highest BCUT2D eigenvalue weighted by Crippen LogP contribution is 2.21. The topological polar surface area (TPSA) is 57.6 Å². The van der Waals surface area contributed by atoms with E-state index in [9.17, 15) is 9.59 Å². The molecule has 1 aliphatic rings. The van der Waals surface area contributed by atoms with Crippen molar-refractivity contribution < 1.29 is 14.7 Å². The fraction of sp³-hybridized carbons (Fsp3) is 0.636. The van der Waals surface area contributed by atoms with Crippen LogP contribution in [0.4, 0.5) is 0 Å². The summed E-state index contributed by atoms with van der Waals surface area (Å²) in [6.07, 6.45) is 3.74. The summed E-state index contributed by atoms with van der Waals surface area (Å²) in [4.78, 5) is 24.0. The van der Waals surface area contributed by atoms with Gasteiger partial charge in [-0.1, -0.05) is 19.9 Å². The van der Waals surface area contributed by atoms with Crippen LogP contribution >= 0.6 is 0 Å². The SMILES string of the molecule is CC/C=C1/CC(=O)N([C@@H](CC)C(=O)O)C1. The summed E-state index contributed by atoms with van der Waals surface area (Å²) < 4.78 is 0. The Morgan fingerprint density at radius 3 is 2.73 bits per heavy atom. The summed E-state index contributed by atoms with van der Waals surface area (Å²) in [7, 11) is 0. The van der Waals surface area contributed by atoms with E-state index >= 15 is 0 Å². The number of hydrogen-bond donors (Lipinski definition) is 1. The van der Waals surface area contributed by atoms with Crippen molar-refractivity contribution >= 4 is 11.9 Å². The Bertz CT molecular complexity index is 296. The van der Waals surface area contributed by atoms with Gasteiger partial charge in [-0.15, -0.1) is 0 Å². The van der Waals surface area contributed by atoms with Gasteiger partial charge in [0.05, 0.1) is 0 Å². The molecule has 0 bridgehead atoms. The number of likely N-dealkylation sites (tertiary alicyclic amines) is 1. The molecule has 0 radical (unpaired) electrons. The molecule has 1 saturated heterocycles. The monoisotopic (exact) mass is 211 g/mol. The lowest BCUT2D eigenvalue weighted by Gasteiger charge is -2.22. The molecule has 1 amide bonds. The number of allylic oxidation sites excluding steroid dienone is 1. The van der Waals surface area contributed by atoms with Crippen LogP contribution in [-0.4, -0.2) is 34.5 Å². The van der Waals surface area contributed by atoms with E-state index in [1.165, 1.54) is 4.90 Å². The molecule has 1 rings (SSSR count). The van der Waals surface area contributed by atoms with Crippen molar-refractivity contribution in [3.05, 3.63) is 11.6 Å². The van der Waals surface area contributed by atoms with Gasteiger partial charge in [-0.2, -0.15) is 0 Å². The maximum atomic E-state index is 11.6. The number of carboxylic acid groups (broad SMARTS) is 1. The van der Waals surface area contributed by atoms with Gasteiger partial charge < -0.3 is 10.0 Å². The summed E-state index contributed by atoms with van der Waals surface area (Å²) in [6, 6.07) is -0.666. The number of aliphatic carboxylic acids is 1. The molecule has 84 valence electrons. The number of rotatable bonds is 4. The van der Waals surface area contributed by atoms with Crippen molar-refractivity contribution in [1.82, 2.24) is 4.90 Å². The van der Waals surface area contributed by atoms with Crippen LogP contribution in [0.2, 0.25) is 0 Å². The van der Waals surface area contributed by atoms with Crippen molar-refractivity contribution in [3.8, 4) is 0 Å². The van der Waals surface area contributed by atoms with Gasteiger partial charge in [-0.3, -0.25) is 4.79 Å². The van der Waals surface area contributed by atoms with Gasteiger partial charge in [0.25, 0.3) is 0 Å². The van der Waals surface area contributed by atoms with Crippen molar-refractivity contribution in [2.24, 2.45) is 0 Å². The number of carboxylic acids is 1. The summed E-state index contributed by atoms with van der Waals surface area (Å²) in [6.45, 7) is 4.28. The van der Waals surface area contributed by atoms with Crippen LogP contribution in [0, 0.1) is 0 Å². The first-order valence-corrected chi connectivity index (χ1v) is 5.30. The third-order valence-corrected chi connectivity index (χ3v) is 2.61. The second kappa shape index (κ2) is 4.96. The predicted octanol–water partition coefficient (Wildman–Crippen LogP) is 1.42. The van der Waals surface area contributed by atoms with E-state index in [4.69, 9.17) is 5.11 Å². The van der Waals surface area contributed by atoms with Crippen molar-refractivity contribution in [1.29, 1.82) is 0 Å². The number of hydrogen-bond acceptors (Lipinski definition) is 2. The number of carbonyl (C=O) groups is 2. The van der Waals surface area contributed by atoms with Crippen LogP contribution in [0.3, 0.4) is 0 Å². The first kappa shape index (κ1) is 11.8. The van der Waals surface area contributed by atoms with Gasteiger partial charge in [-0.25, -0.2) is 4.79 Å². The molecule has 4 nitrogen and oxygen atoms in total. The van der Waals surface area contributed by atoms with Gasteiger partial charge >= 0.3 is 5.97 Å². The normalized spacial score (nSPS) is 21.1. The van der Waals surface area contributed by atoms with Gasteiger partial charge in [0, 0.05) is 13.0 Å². The van der Waals surface area contributed by atoms with E-state index in [0.717, 1.165) is 12.0 Å². The summed E-state index contributed by atoms with van der Waals surface area (Å²) >= 11 is 0. The fourth-order valence-electron chi connectivity index (χ4n) is 1.90. The van der Waals surface area contributed by atoms with Crippen LogP contribution in [-0.2, 0) is 9.59 Å². The molecule has 1 heterocycles. The molecule has 0 aromatic rings. The third-order valence-electron chi connectivity index (χ3n) is 2.61. The van der Waals surface area contributed by atoms with Crippen molar-refractivity contribution in [2.75, 3.05) is 6.54 Å². The lowest BCUT2D eigenvalue weighted by molar-refractivity contribution is -0.148. The summed E-state index contributed by atoms with van der Waals surface area (Å²) in [5.74, 6) is -0.979. The minimum atomic E-state index is -0.913. The Morgan fingerprint density at radius 2 is 2.27 bits per heavy atom. The van der Waals surface area contributed by atoms with Gasteiger partial charge in [0.1, 0.15) is 6.04 Å². The molecule has 1 atom stereocenters. The highest BCUT2D eigenvalue weighted by molar-refractivity contribution is 5.87. The van der Waals surface area contributed by atoms with Crippen LogP contribution in [0.15, 0.2) is 11.6 Å². The summed E-state index contributed by atoms with van der Waals surface area (Å²) in [5.41, 5.74) is 1.04. The quantitative estimate of drug-likeness (QED) is 0.715. The van der Waals surface area contributed by atoms with Gasteiger partial charge in [0.15, 0.2) is 0 Å². The smallest absolute Gasteiger partial charge is 0.326 e. The third kappa shape index (κ3) is 2.58. The molecule has 15 heavy (non-hydrogen) atoms. The first-order chi connectivity index (χ1) is 7.10. The molecule has 1 N–H and O–H groups in total. The first-order valence-electron chi connectivity index (χ1n) is 5.30. The lowest BCUT2D eigenvalue weighted by atomic mass is 10.2. The minimum absolute atomic E-state index is 0.0658. The average molecular weight is 211 g/mol. The molecule has 0 unspecified atom stereocenters. The van der Waals surface area contributed by atoms with Crippen LogP contribution in [0.1, 0.15) is 33.1 Å². The standard InChI is InChI=1S/C11H17NO3/c1-3-5-8-6-10(13)12(7-8)9(4-2)11(14)15/h5,9H,3-4,6-7H2,1-2H3,(H,14,15)/b8-5-/t9-/m0/s1. The molecule has 0 aliphatic carbocycles. The van der Waals surface area contributed by atoms with E-state index in [1.54, 1.807) is 6.92 Å². The maximum Gasteiger partial charge on any atom is 0.326 e. The highest BCUT2D eigenvalue weighted by atomic mass is 16.4. The molecular weight excluding hydrogens is 194 g/mol. The van der Waals surface area contributed by atoms with E-state index in [2.05, 4.69) is 0 Å². The van der Waals surface area contributed by atoms with E-state index in [1.807, 2.05) is 13.0 Å². The second-order valence-electron chi connectivity index (χ2n) is 3.73. The Balaban J connectivity index is 2.76. The molecule has 0 aromatic carbocycles. The lowest BCUT2D eigenvalue weighted by Crippen LogP contribution is -2.41. The molecule has 1 fully saturated rings. The largest absolute Gasteiger partial charge is 0.480 e. The van der Waals surface area contributed by atoms with E-state index in [-0.39, 0.29) is 5.91 Å². The van der Waals surface area contributed by atoms with Crippen molar-refractivity contribution in [2.45, 2.75) is 39.2 Å². The molecule has 0 saturated carbocycles. The van der Waals surface area contributed by atoms with Gasteiger partial charge in [0.2, 0.25) is 5.91 Å².